The number of benzene rings is 1. The van der Waals surface area contributed by atoms with Crippen LogP contribution in [0, 0.1) is 5.92 Å². The molecule has 2 N–H and O–H groups in total. The molecule has 7 heteroatoms. The lowest BCUT2D eigenvalue weighted by Crippen LogP contribution is -2.41. The number of nitrogens with one attached hydrogen (secondary N) is 2. The van der Waals surface area contributed by atoms with E-state index in [0.717, 1.165) is 42.2 Å². The lowest BCUT2D eigenvalue weighted by atomic mass is 9.96. The molecule has 3 aromatic rings. The van der Waals surface area contributed by atoms with E-state index in [1.165, 1.54) is 0 Å². The van der Waals surface area contributed by atoms with Gasteiger partial charge in [0.2, 0.25) is 0 Å². The van der Waals surface area contributed by atoms with Gasteiger partial charge in [-0.2, -0.15) is 0 Å². The van der Waals surface area contributed by atoms with Crippen molar-refractivity contribution in [1.29, 1.82) is 0 Å². The highest BCUT2D eigenvalue weighted by Gasteiger charge is 2.37. The Morgan fingerprint density at radius 1 is 1.17 bits per heavy atom. The van der Waals surface area contributed by atoms with Crippen molar-refractivity contribution in [2.45, 2.75) is 31.8 Å². The zero-order valence-electron chi connectivity index (χ0n) is 16.5. The van der Waals surface area contributed by atoms with Crippen molar-refractivity contribution in [3.8, 4) is 22.6 Å². The van der Waals surface area contributed by atoms with E-state index in [4.69, 9.17) is 9.47 Å². The number of rotatable bonds is 3. The number of nitrogens with zero attached hydrogens (tertiary/aromatic N) is 1. The summed E-state index contributed by atoms with van der Waals surface area (Å²) >= 11 is 0. The van der Waals surface area contributed by atoms with E-state index in [2.05, 4.69) is 10.3 Å². The number of carbonyl (C=O) groups excluding carboxylic acids is 1. The molecule has 1 aliphatic carbocycles. The quantitative estimate of drug-likeness (QED) is 0.714. The number of hydrogen-bond donors (Lipinski definition) is 2. The Morgan fingerprint density at radius 3 is 2.72 bits per heavy atom. The number of methoxy groups -OCH3 is 1. The first-order valence-electron chi connectivity index (χ1n) is 9.93. The summed E-state index contributed by atoms with van der Waals surface area (Å²) in [6.07, 6.45) is 7.33. The number of carbonyl (C=O) groups is 1. The Hall–Kier alpha value is -3.22. The standard InChI is InChI=1S/C22H23N3O4/c1-25-11-16(14-7-8-23-18(14)22(25)27)15-9-13(28-2)10-17-20(15)29-19(21(26)24-17)12-5-3-4-6-12/h7-12,19,23H,3-6H2,1-2H3,(H,24,26)/t19-/m1/s1. The molecule has 1 saturated carbocycles. The van der Waals surface area contributed by atoms with Crippen LogP contribution in [0.15, 0.2) is 35.4 Å². The van der Waals surface area contributed by atoms with Gasteiger partial charge in [-0.25, -0.2) is 0 Å². The highest BCUT2D eigenvalue weighted by Crippen LogP contribution is 2.46. The first kappa shape index (κ1) is 17.8. The van der Waals surface area contributed by atoms with E-state index in [1.54, 1.807) is 37.2 Å². The number of hydrogen-bond acceptors (Lipinski definition) is 4. The highest BCUT2D eigenvalue weighted by molar-refractivity contribution is 6.03. The van der Waals surface area contributed by atoms with Crippen molar-refractivity contribution in [2.75, 3.05) is 12.4 Å². The van der Waals surface area contributed by atoms with E-state index in [0.29, 0.717) is 22.7 Å². The van der Waals surface area contributed by atoms with Gasteiger partial charge in [0.25, 0.3) is 11.5 Å². The number of H-pyrrole nitrogens is 1. The second kappa shape index (κ2) is 6.69. The van der Waals surface area contributed by atoms with Gasteiger partial charge in [-0.15, -0.1) is 0 Å². The maximum Gasteiger partial charge on any atom is 0.274 e. The summed E-state index contributed by atoms with van der Waals surface area (Å²) in [6.45, 7) is 0. The maximum absolute atomic E-state index is 12.7. The monoisotopic (exact) mass is 393 g/mol. The molecule has 0 unspecified atom stereocenters. The SMILES string of the molecule is COc1cc2c(c(-c3cn(C)c(=O)c4[nH]ccc34)c1)O[C@H](C1CCCC1)C(=O)N2. The molecule has 1 amide bonds. The van der Waals surface area contributed by atoms with Gasteiger partial charge in [0.15, 0.2) is 11.9 Å². The molecule has 0 bridgehead atoms. The number of anilines is 1. The minimum absolute atomic E-state index is 0.0939. The Morgan fingerprint density at radius 2 is 1.97 bits per heavy atom. The summed E-state index contributed by atoms with van der Waals surface area (Å²) in [4.78, 5) is 28.2. The van der Waals surface area contributed by atoms with Crippen LogP contribution in [0.25, 0.3) is 22.0 Å². The topological polar surface area (TPSA) is 85.3 Å². The molecule has 0 saturated heterocycles. The molecule has 2 aliphatic rings. The lowest BCUT2D eigenvalue weighted by Gasteiger charge is -2.31. The minimum Gasteiger partial charge on any atom is -0.497 e. The maximum atomic E-state index is 12.7. The normalized spacial score (nSPS) is 19.1. The number of pyridine rings is 1. The van der Waals surface area contributed by atoms with Crippen molar-refractivity contribution in [1.82, 2.24) is 9.55 Å². The predicted molar refractivity (Wildman–Crippen MR) is 111 cm³/mol. The fourth-order valence-corrected chi connectivity index (χ4v) is 4.58. The largest absolute Gasteiger partial charge is 0.497 e. The molecule has 29 heavy (non-hydrogen) atoms. The van der Waals surface area contributed by atoms with Gasteiger partial charge in [-0.05, 0) is 25.0 Å². The number of aryl methyl sites for hydroxylation is 1. The number of aromatic nitrogens is 2. The Balaban J connectivity index is 1.72. The molecule has 7 nitrogen and oxygen atoms in total. The van der Waals surface area contributed by atoms with Crippen LogP contribution in [0.2, 0.25) is 0 Å². The fourth-order valence-electron chi connectivity index (χ4n) is 4.58. The summed E-state index contributed by atoms with van der Waals surface area (Å²) < 4.78 is 13.4. The molecular weight excluding hydrogens is 370 g/mol. The average molecular weight is 393 g/mol. The van der Waals surface area contributed by atoms with Crippen LogP contribution in [-0.4, -0.2) is 28.7 Å². The Labute approximate surface area is 167 Å². The van der Waals surface area contributed by atoms with Gasteiger partial charge in [0.1, 0.15) is 11.3 Å². The molecule has 5 rings (SSSR count). The summed E-state index contributed by atoms with van der Waals surface area (Å²) in [5.41, 5.74) is 2.68. The van der Waals surface area contributed by atoms with Crippen molar-refractivity contribution >= 4 is 22.5 Å². The summed E-state index contributed by atoms with van der Waals surface area (Å²) in [7, 11) is 3.31. The molecule has 0 radical (unpaired) electrons. The number of fused-ring (bicyclic) bond motifs is 2. The van der Waals surface area contributed by atoms with Crippen molar-refractivity contribution < 1.29 is 14.3 Å². The zero-order chi connectivity index (χ0) is 20.1. The third-order valence-corrected chi connectivity index (χ3v) is 6.07. The van der Waals surface area contributed by atoms with Gasteiger partial charge >= 0.3 is 0 Å². The molecular formula is C22H23N3O4. The summed E-state index contributed by atoms with van der Waals surface area (Å²) in [6, 6.07) is 5.56. The van der Waals surface area contributed by atoms with E-state index in [-0.39, 0.29) is 17.4 Å². The van der Waals surface area contributed by atoms with E-state index in [1.807, 2.05) is 12.1 Å². The second-order valence-electron chi connectivity index (χ2n) is 7.85. The summed E-state index contributed by atoms with van der Waals surface area (Å²) in [5, 5.41) is 3.83. The van der Waals surface area contributed by atoms with Gasteiger partial charge in [0.05, 0.1) is 12.8 Å². The van der Waals surface area contributed by atoms with Crippen LogP contribution in [0.1, 0.15) is 25.7 Å². The van der Waals surface area contributed by atoms with Crippen molar-refractivity contribution in [3.63, 3.8) is 0 Å². The number of ether oxygens (including phenoxy) is 2. The molecule has 1 fully saturated rings. The fraction of sp³-hybridized carbons (Fsp3) is 0.364. The van der Waals surface area contributed by atoms with Crippen LogP contribution in [0.4, 0.5) is 5.69 Å². The van der Waals surface area contributed by atoms with Gasteiger partial charge < -0.3 is 24.3 Å². The molecule has 1 aliphatic heterocycles. The second-order valence-corrected chi connectivity index (χ2v) is 7.85. The first-order chi connectivity index (χ1) is 14.1. The van der Waals surface area contributed by atoms with Gasteiger partial charge in [0, 0.05) is 47.9 Å². The molecule has 150 valence electrons. The van der Waals surface area contributed by atoms with Crippen molar-refractivity contribution in [2.24, 2.45) is 13.0 Å². The molecule has 1 atom stereocenters. The smallest absolute Gasteiger partial charge is 0.274 e. The van der Waals surface area contributed by atoms with Gasteiger partial charge in [-0.3, -0.25) is 9.59 Å². The lowest BCUT2D eigenvalue weighted by molar-refractivity contribution is -0.125. The molecule has 0 spiro atoms. The molecule has 3 heterocycles. The zero-order valence-corrected chi connectivity index (χ0v) is 16.5. The third-order valence-electron chi connectivity index (χ3n) is 6.07. The number of amides is 1. The van der Waals surface area contributed by atoms with E-state index < -0.39 is 6.10 Å². The van der Waals surface area contributed by atoms with Crippen LogP contribution in [-0.2, 0) is 11.8 Å². The van der Waals surface area contributed by atoms with Crippen LogP contribution in [0.3, 0.4) is 0 Å². The molecule has 1 aromatic carbocycles. The predicted octanol–water partition coefficient (Wildman–Crippen LogP) is 3.43. The molecule has 2 aromatic heterocycles. The highest BCUT2D eigenvalue weighted by atomic mass is 16.5. The van der Waals surface area contributed by atoms with E-state index in [9.17, 15) is 9.59 Å². The van der Waals surface area contributed by atoms with Gasteiger partial charge in [-0.1, -0.05) is 12.8 Å². The van der Waals surface area contributed by atoms with Crippen LogP contribution in [0.5, 0.6) is 11.5 Å². The first-order valence-corrected chi connectivity index (χ1v) is 9.93. The average Bonchev–Trinajstić information content (AvgIpc) is 3.41. The van der Waals surface area contributed by atoms with Crippen molar-refractivity contribution in [3.05, 3.63) is 40.9 Å². The number of aromatic amines is 1. The minimum atomic E-state index is -0.494. The summed E-state index contributed by atoms with van der Waals surface area (Å²) in [5.74, 6) is 1.37. The Bertz CT molecular complexity index is 1170. The van der Waals surface area contributed by atoms with Crippen LogP contribution < -0.4 is 20.3 Å². The Kier molecular flexibility index (Phi) is 4.12. The van der Waals surface area contributed by atoms with E-state index >= 15 is 0 Å². The van der Waals surface area contributed by atoms with Crippen LogP contribution >= 0.6 is 0 Å². The third kappa shape index (κ3) is 2.80.